The summed E-state index contributed by atoms with van der Waals surface area (Å²) in [7, 11) is 0. The van der Waals surface area contributed by atoms with Crippen LogP contribution in [0.5, 0.6) is 0 Å². The molecule has 2 aliphatic carbocycles. The SMILES string of the molecule is CC(=O)O[C@@H]1[CH][C@@]2(O)[C@H](C=C1C)CCC[C@]2(C)C(C)CN1CCN(c2ccc(F)cc2F)CC1. The van der Waals surface area contributed by atoms with Crippen LogP contribution in [0, 0.1) is 35.3 Å². The number of fused-ring (bicyclic) bond motifs is 1. The molecule has 3 aliphatic rings. The summed E-state index contributed by atoms with van der Waals surface area (Å²) in [5, 5.41) is 12.1. The molecule has 0 bridgehead atoms. The standard InChI is InChI=1S/C27H37F2N2O3/c1-18-14-21-6-5-9-26(4,27(21,33)16-25(18)34-20(3)32)19(2)17-30-10-12-31(13-11-30)24-8-7-22(28)15-23(24)29/h7-8,14-16,19,21,25,33H,5-6,9-13,17H2,1-4H3/t19?,21-,25+,26+,27+/m0/s1. The van der Waals surface area contributed by atoms with Gasteiger partial charge in [0, 0.05) is 63.5 Å². The number of carbonyl (C=O) groups is 1. The zero-order valence-corrected chi connectivity index (χ0v) is 20.7. The first-order chi connectivity index (χ1) is 16.0. The van der Waals surface area contributed by atoms with Crippen LogP contribution in [0.25, 0.3) is 0 Å². The molecule has 1 aromatic rings. The molecule has 7 heteroatoms. The van der Waals surface area contributed by atoms with Gasteiger partial charge in [-0.25, -0.2) is 8.78 Å². The van der Waals surface area contributed by atoms with Gasteiger partial charge in [-0.05, 0) is 43.4 Å². The first-order valence-electron chi connectivity index (χ1n) is 12.4. The summed E-state index contributed by atoms with van der Waals surface area (Å²) in [6, 6.07) is 3.74. The lowest BCUT2D eigenvalue weighted by molar-refractivity contribution is -0.160. The fraction of sp³-hybridized carbons (Fsp3) is 0.630. The normalized spacial score (nSPS) is 33.1. The van der Waals surface area contributed by atoms with Crippen LogP contribution >= 0.6 is 0 Å². The number of piperazine rings is 1. The Bertz CT molecular complexity index is 946. The van der Waals surface area contributed by atoms with Gasteiger partial charge in [-0.1, -0.05) is 26.3 Å². The van der Waals surface area contributed by atoms with Crippen molar-refractivity contribution in [1.29, 1.82) is 0 Å². The molecule has 34 heavy (non-hydrogen) atoms. The van der Waals surface area contributed by atoms with E-state index in [1.165, 1.54) is 19.1 Å². The van der Waals surface area contributed by atoms with Gasteiger partial charge in [0.05, 0.1) is 11.3 Å². The quantitative estimate of drug-likeness (QED) is 0.507. The van der Waals surface area contributed by atoms with Crippen molar-refractivity contribution in [2.45, 2.75) is 58.7 Å². The zero-order chi connectivity index (χ0) is 24.7. The van der Waals surface area contributed by atoms with Gasteiger partial charge >= 0.3 is 5.97 Å². The largest absolute Gasteiger partial charge is 0.458 e. The molecule has 1 aliphatic heterocycles. The third-order valence-corrected chi connectivity index (χ3v) is 8.55. The Morgan fingerprint density at radius 2 is 1.97 bits per heavy atom. The predicted octanol–water partition coefficient (Wildman–Crippen LogP) is 4.36. The van der Waals surface area contributed by atoms with Crippen LogP contribution in [0.15, 0.2) is 29.8 Å². The van der Waals surface area contributed by atoms with Crippen LogP contribution < -0.4 is 4.90 Å². The van der Waals surface area contributed by atoms with E-state index in [1.807, 2.05) is 18.2 Å². The predicted molar refractivity (Wildman–Crippen MR) is 128 cm³/mol. The summed E-state index contributed by atoms with van der Waals surface area (Å²) in [6.45, 7) is 11.4. The van der Waals surface area contributed by atoms with Gasteiger partial charge in [-0.15, -0.1) is 0 Å². The highest BCUT2D eigenvalue weighted by atomic mass is 19.1. The molecule has 1 N–H and O–H groups in total. The third-order valence-electron chi connectivity index (χ3n) is 8.55. The number of hydrogen-bond donors (Lipinski definition) is 1. The second kappa shape index (κ2) is 9.57. The Kier molecular flexibility index (Phi) is 7.07. The molecule has 1 radical (unpaired) electrons. The van der Waals surface area contributed by atoms with Crippen molar-refractivity contribution < 1.29 is 23.4 Å². The van der Waals surface area contributed by atoms with Gasteiger partial charge < -0.3 is 14.7 Å². The van der Waals surface area contributed by atoms with E-state index < -0.39 is 23.3 Å². The van der Waals surface area contributed by atoms with Crippen molar-refractivity contribution in [3.8, 4) is 0 Å². The number of nitrogens with zero attached hydrogens (tertiary/aromatic N) is 2. The lowest BCUT2D eigenvalue weighted by Crippen LogP contribution is -2.62. The van der Waals surface area contributed by atoms with Gasteiger partial charge in [0.25, 0.3) is 0 Å². The first-order valence-corrected chi connectivity index (χ1v) is 12.4. The Morgan fingerprint density at radius 1 is 1.26 bits per heavy atom. The highest BCUT2D eigenvalue weighted by Crippen LogP contribution is 2.56. The van der Waals surface area contributed by atoms with Crippen molar-refractivity contribution in [3.05, 3.63) is 47.9 Å². The summed E-state index contributed by atoms with van der Waals surface area (Å²) in [4.78, 5) is 16.0. The highest BCUT2D eigenvalue weighted by molar-refractivity contribution is 5.66. The fourth-order valence-electron chi connectivity index (χ4n) is 6.28. The van der Waals surface area contributed by atoms with E-state index in [2.05, 4.69) is 24.8 Å². The Labute approximate surface area is 201 Å². The van der Waals surface area contributed by atoms with Crippen molar-refractivity contribution in [2.75, 3.05) is 37.6 Å². The van der Waals surface area contributed by atoms with E-state index in [0.29, 0.717) is 18.8 Å². The van der Waals surface area contributed by atoms with Crippen molar-refractivity contribution >= 4 is 11.7 Å². The second-order valence-corrected chi connectivity index (χ2v) is 10.6. The van der Waals surface area contributed by atoms with E-state index in [1.54, 1.807) is 0 Å². The summed E-state index contributed by atoms with van der Waals surface area (Å²) < 4.78 is 33.0. The first kappa shape index (κ1) is 25.1. The van der Waals surface area contributed by atoms with Crippen LogP contribution in [0.4, 0.5) is 14.5 Å². The Balaban J connectivity index is 1.44. The molecule has 2 fully saturated rings. The number of ether oxygens (including phenoxy) is 1. The summed E-state index contributed by atoms with van der Waals surface area (Å²) in [5.41, 5.74) is 0.00149. The second-order valence-electron chi connectivity index (χ2n) is 10.6. The number of halogens is 2. The number of carbonyl (C=O) groups excluding carboxylic acids is 1. The van der Waals surface area contributed by atoms with Gasteiger partial charge in [-0.3, -0.25) is 9.69 Å². The van der Waals surface area contributed by atoms with Crippen molar-refractivity contribution in [2.24, 2.45) is 17.3 Å². The minimum Gasteiger partial charge on any atom is -0.458 e. The van der Waals surface area contributed by atoms with Crippen LogP contribution in [0.3, 0.4) is 0 Å². The number of anilines is 1. The maximum Gasteiger partial charge on any atom is 0.303 e. The molecule has 1 unspecified atom stereocenters. The van der Waals surface area contributed by atoms with Crippen molar-refractivity contribution in [3.63, 3.8) is 0 Å². The van der Waals surface area contributed by atoms with Crippen LogP contribution in [0.2, 0.25) is 0 Å². The van der Waals surface area contributed by atoms with E-state index >= 15 is 0 Å². The molecular formula is C27H37F2N2O3. The average molecular weight is 476 g/mol. The molecule has 5 nitrogen and oxygen atoms in total. The lowest BCUT2D eigenvalue weighted by atomic mass is 9.51. The number of esters is 1. The molecule has 187 valence electrons. The molecule has 0 amide bonds. The number of rotatable bonds is 5. The minimum atomic E-state index is -1.05. The Morgan fingerprint density at radius 3 is 2.62 bits per heavy atom. The topological polar surface area (TPSA) is 53.0 Å². The summed E-state index contributed by atoms with van der Waals surface area (Å²) in [5.74, 6) is -1.24. The molecule has 1 aromatic carbocycles. The zero-order valence-electron chi connectivity index (χ0n) is 20.7. The molecule has 0 spiro atoms. The van der Waals surface area contributed by atoms with E-state index in [0.717, 1.165) is 50.5 Å². The number of aliphatic hydroxyl groups is 1. The smallest absolute Gasteiger partial charge is 0.303 e. The monoisotopic (exact) mass is 475 g/mol. The van der Waals surface area contributed by atoms with Crippen LogP contribution in [0.1, 0.15) is 47.0 Å². The Hall–Kier alpha value is -1.99. The van der Waals surface area contributed by atoms with E-state index in [-0.39, 0.29) is 23.2 Å². The molecule has 0 aromatic heterocycles. The van der Waals surface area contributed by atoms with Gasteiger partial charge in [0.15, 0.2) is 0 Å². The van der Waals surface area contributed by atoms with E-state index in [9.17, 15) is 18.7 Å². The van der Waals surface area contributed by atoms with E-state index in [4.69, 9.17) is 4.74 Å². The fourth-order valence-corrected chi connectivity index (χ4v) is 6.28. The van der Waals surface area contributed by atoms with Gasteiger partial charge in [-0.2, -0.15) is 0 Å². The molecule has 5 atom stereocenters. The maximum atomic E-state index is 14.2. The lowest BCUT2D eigenvalue weighted by Gasteiger charge is -2.58. The highest BCUT2D eigenvalue weighted by Gasteiger charge is 2.58. The number of hydrogen-bond acceptors (Lipinski definition) is 5. The summed E-state index contributed by atoms with van der Waals surface area (Å²) >= 11 is 0. The van der Waals surface area contributed by atoms with Crippen LogP contribution in [-0.4, -0.2) is 60.4 Å². The molecule has 1 heterocycles. The number of benzene rings is 1. The van der Waals surface area contributed by atoms with Gasteiger partial charge in [0.2, 0.25) is 0 Å². The summed E-state index contributed by atoms with van der Waals surface area (Å²) in [6.07, 6.45) is 6.34. The third kappa shape index (κ3) is 4.61. The van der Waals surface area contributed by atoms with Crippen LogP contribution in [-0.2, 0) is 9.53 Å². The molecule has 4 rings (SSSR count). The molecule has 1 saturated carbocycles. The molecule has 1 saturated heterocycles. The minimum absolute atomic E-state index is 0.0128. The maximum absolute atomic E-state index is 14.2. The average Bonchev–Trinajstić information content (AvgIpc) is 2.76. The van der Waals surface area contributed by atoms with Gasteiger partial charge in [0.1, 0.15) is 17.7 Å². The van der Waals surface area contributed by atoms with Crippen molar-refractivity contribution in [1.82, 2.24) is 4.90 Å². The molecular weight excluding hydrogens is 438 g/mol.